The first-order valence-electron chi connectivity index (χ1n) is 2.15. The van der Waals surface area contributed by atoms with Crippen LogP contribution in [0, 0.1) is 0 Å². The van der Waals surface area contributed by atoms with E-state index in [4.69, 9.17) is 0 Å². The summed E-state index contributed by atoms with van der Waals surface area (Å²) in [6, 6.07) is 0. The summed E-state index contributed by atoms with van der Waals surface area (Å²) in [4.78, 5) is 0. The quantitative estimate of drug-likeness (QED) is 0.669. The van der Waals surface area contributed by atoms with Crippen LogP contribution in [0.1, 0.15) is 0 Å². The van der Waals surface area contributed by atoms with E-state index in [0.29, 0.717) is 0 Å². The molecule has 0 bridgehead atoms. The minimum absolute atomic E-state index is 0.302. The van der Waals surface area contributed by atoms with E-state index in [1.807, 2.05) is 0 Å². The topological polar surface area (TPSA) is 0 Å². The molecule has 3 heteroatoms. The molecule has 0 spiro atoms. The summed E-state index contributed by atoms with van der Waals surface area (Å²) in [5.41, 5.74) is 9.64. The number of hydrogen-bond acceptors (Lipinski definition) is 1. The molecule has 0 unspecified atom stereocenters. The Hall–Kier alpha value is 1.47. The molecule has 0 atom stereocenters. The van der Waals surface area contributed by atoms with Crippen molar-refractivity contribution in [2.24, 2.45) is 0 Å². The zero-order valence-corrected chi connectivity index (χ0v) is 9.87. The summed E-state index contributed by atoms with van der Waals surface area (Å²) in [6.07, 6.45) is 0. The molecule has 7 heavy (non-hydrogen) atoms. The fraction of sp³-hybridized carbons (Fsp3) is 1.00. The Kier molecular flexibility index (Phi) is 5.27. The van der Waals surface area contributed by atoms with Crippen LogP contribution in [0.3, 0.4) is 0 Å². The zero-order chi connectivity index (χ0) is 5.86. The van der Waals surface area contributed by atoms with Crippen LogP contribution >= 0.6 is 8.29 Å². The standard InChI is InChI=1S/C4H12As2S/c1-5(2)7-6(3)4/h1-4H3. The zero-order valence-electron chi connectivity index (χ0n) is 5.30. The van der Waals surface area contributed by atoms with E-state index < -0.39 is 0 Å². The van der Waals surface area contributed by atoms with Gasteiger partial charge in [0, 0.05) is 0 Å². The average Bonchev–Trinajstić information content (AvgIpc) is 1.27. The first-order chi connectivity index (χ1) is 3.13. The first kappa shape index (κ1) is 8.47. The molecular weight excluding hydrogens is 230 g/mol. The summed E-state index contributed by atoms with van der Waals surface area (Å²) >= 11 is -0.604. The van der Waals surface area contributed by atoms with Gasteiger partial charge in [0.05, 0.1) is 0 Å². The van der Waals surface area contributed by atoms with Crippen molar-refractivity contribution in [3.05, 3.63) is 0 Å². The van der Waals surface area contributed by atoms with Gasteiger partial charge in [-0.1, -0.05) is 0 Å². The Morgan fingerprint density at radius 2 is 1.14 bits per heavy atom. The van der Waals surface area contributed by atoms with Crippen LogP contribution in [0.15, 0.2) is 0 Å². The molecule has 0 aliphatic heterocycles. The second-order valence-electron chi connectivity index (χ2n) is 1.71. The van der Waals surface area contributed by atoms with Crippen LogP contribution in [0.4, 0.5) is 0 Å². The molecular formula is C4H12As2S. The van der Waals surface area contributed by atoms with Crippen molar-refractivity contribution < 1.29 is 0 Å². The van der Waals surface area contributed by atoms with Gasteiger partial charge in [-0.3, -0.25) is 0 Å². The normalized spacial score (nSPS) is 11.1. The second-order valence-corrected chi connectivity index (χ2v) is 22.6. The van der Waals surface area contributed by atoms with Gasteiger partial charge in [0.1, 0.15) is 0 Å². The summed E-state index contributed by atoms with van der Waals surface area (Å²) in [5.74, 6) is 0. The molecule has 0 nitrogen and oxygen atoms in total. The monoisotopic (exact) mass is 242 g/mol. The van der Waals surface area contributed by atoms with E-state index in [2.05, 4.69) is 31.1 Å². The Morgan fingerprint density at radius 1 is 0.857 bits per heavy atom. The van der Waals surface area contributed by atoms with E-state index in [9.17, 15) is 0 Å². The van der Waals surface area contributed by atoms with Crippen molar-refractivity contribution in [2.45, 2.75) is 22.8 Å². The van der Waals surface area contributed by atoms with Gasteiger partial charge in [-0.15, -0.1) is 0 Å². The van der Waals surface area contributed by atoms with Crippen LogP contribution in [-0.4, -0.2) is 27.0 Å². The molecule has 0 amide bonds. The van der Waals surface area contributed by atoms with Crippen molar-refractivity contribution in [3.63, 3.8) is 0 Å². The molecule has 44 valence electrons. The predicted octanol–water partition coefficient (Wildman–Crippen LogP) is 2.22. The van der Waals surface area contributed by atoms with Gasteiger partial charge < -0.3 is 0 Å². The molecule has 0 aromatic carbocycles. The number of rotatable bonds is 2. The molecule has 0 aliphatic carbocycles. The van der Waals surface area contributed by atoms with Crippen molar-refractivity contribution in [1.29, 1.82) is 0 Å². The summed E-state index contributed by atoms with van der Waals surface area (Å²) in [5, 5.41) is 0. The van der Waals surface area contributed by atoms with E-state index in [-0.39, 0.29) is 27.0 Å². The third-order valence-corrected chi connectivity index (χ3v) is 26.5. The summed E-state index contributed by atoms with van der Waals surface area (Å²) in [6.45, 7) is 0. The molecule has 0 saturated heterocycles. The van der Waals surface area contributed by atoms with E-state index in [1.165, 1.54) is 0 Å². The number of hydrogen-bond donors (Lipinski definition) is 0. The molecule has 0 aliphatic rings. The predicted molar refractivity (Wildman–Crippen MR) is 42.6 cm³/mol. The van der Waals surface area contributed by atoms with Gasteiger partial charge >= 0.3 is 58.1 Å². The Labute approximate surface area is 57.9 Å². The van der Waals surface area contributed by atoms with Crippen LogP contribution in [0.5, 0.6) is 0 Å². The van der Waals surface area contributed by atoms with Crippen LogP contribution in [0.2, 0.25) is 22.8 Å². The van der Waals surface area contributed by atoms with Crippen molar-refractivity contribution in [1.82, 2.24) is 0 Å². The molecule has 0 aromatic rings. The van der Waals surface area contributed by atoms with Gasteiger partial charge in [-0.05, 0) is 0 Å². The Balaban J connectivity index is 2.95. The van der Waals surface area contributed by atoms with Crippen molar-refractivity contribution >= 4 is 35.3 Å². The van der Waals surface area contributed by atoms with Gasteiger partial charge in [0.2, 0.25) is 0 Å². The Bertz CT molecular complexity index is 39.0. The van der Waals surface area contributed by atoms with Gasteiger partial charge in [0.25, 0.3) is 0 Å². The molecule has 0 rings (SSSR count). The van der Waals surface area contributed by atoms with Crippen molar-refractivity contribution in [3.8, 4) is 0 Å². The SMILES string of the molecule is C[As](C)S[As](C)C. The third-order valence-electron chi connectivity index (χ3n) is 0.327. The van der Waals surface area contributed by atoms with E-state index in [0.717, 1.165) is 0 Å². The summed E-state index contributed by atoms with van der Waals surface area (Å²) in [7, 11) is 2.30. The van der Waals surface area contributed by atoms with Gasteiger partial charge in [-0.25, -0.2) is 0 Å². The summed E-state index contributed by atoms with van der Waals surface area (Å²) < 4.78 is 0. The van der Waals surface area contributed by atoms with Crippen LogP contribution in [-0.2, 0) is 0 Å². The van der Waals surface area contributed by atoms with E-state index in [1.54, 1.807) is 0 Å². The third kappa shape index (κ3) is 7.47. The van der Waals surface area contributed by atoms with Gasteiger partial charge in [-0.2, -0.15) is 0 Å². The maximum atomic E-state index is 2.41. The van der Waals surface area contributed by atoms with Gasteiger partial charge in [0.15, 0.2) is 0 Å². The second kappa shape index (κ2) is 4.36. The molecule has 0 saturated carbocycles. The van der Waals surface area contributed by atoms with Crippen LogP contribution < -0.4 is 0 Å². The molecule has 0 heterocycles. The minimum atomic E-state index is -0.302. The average molecular weight is 242 g/mol. The molecule has 0 radical (unpaired) electrons. The van der Waals surface area contributed by atoms with Crippen LogP contribution in [0.25, 0.3) is 0 Å². The van der Waals surface area contributed by atoms with Crippen molar-refractivity contribution in [2.75, 3.05) is 0 Å². The molecule has 0 aromatic heterocycles. The fourth-order valence-corrected chi connectivity index (χ4v) is 26.5. The molecule has 0 fully saturated rings. The van der Waals surface area contributed by atoms with E-state index >= 15 is 0 Å². The first-order valence-corrected chi connectivity index (χ1v) is 15.0. The maximum absolute atomic E-state index is 2.41. The fourth-order valence-electron chi connectivity index (χ4n) is 0.327. The Morgan fingerprint density at radius 3 is 1.14 bits per heavy atom. The molecule has 0 N–H and O–H groups in total.